The SMILES string of the molecule is C/C(C/C(C)=N\NC(=S)S)=N/NC(=S)S. The molecule has 0 aromatic heterocycles. The fourth-order valence-corrected chi connectivity index (χ4v) is 0.927. The maximum atomic E-state index is 4.69. The van der Waals surface area contributed by atoms with E-state index < -0.39 is 0 Å². The first-order valence-corrected chi connectivity index (χ1v) is 5.67. The third kappa shape index (κ3) is 10.1. The molecule has 15 heavy (non-hydrogen) atoms. The van der Waals surface area contributed by atoms with Gasteiger partial charge in [-0.1, -0.05) is 24.4 Å². The summed E-state index contributed by atoms with van der Waals surface area (Å²) in [6, 6.07) is 0. The van der Waals surface area contributed by atoms with Gasteiger partial charge in [0.15, 0.2) is 8.64 Å². The highest BCUT2D eigenvalue weighted by atomic mass is 32.1. The van der Waals surface area contributed by atoms with Crippen LogP contribution in [0.15, 0.2) is 10.2 Å². The van der Waals surface area contributed by atoms with Crippen LogP contribution in [0.4, 0.5) is 0 Å². The first kappa shape index (κ1) is 14.8. The summed E-state index contributed by atoms with van der Waals surface area (Å²) in [5, 5.41) is 7.96. The molecule has 0 heterocycles. The van der Waals surface area contributed by atoms with Crippen LogP contribution in [-0.2, 0) is 0 Å². The van der Waals surface area contributed by atoms with Crippen molar-refractivity contribution < 1.29 is 0 Å². The Labute approximate surface area is 111 Å². The van der Waals surface area contributed by atoms with Gasteiger partial charge in [-0.3, -0.25) is 10.9 Å². The summed E-state index contributed by atoms with van der Waals surface area (Å²) in [4.78, 5) is 0. The van der Waals surface area contributed by atoms with Gasteiger partial charge >= 0.3 is 0 Å². The number of rotatable bonds is 4. The lowest BCUT2D eigenvalue weighted by atomic mass is 10.2. The molecule has 0 amide bonds. The first-order chi connectivity index (χ1) is 6.91. The van der Waals surface area contributed by atoms with E-state index in [9.17, 15) is 0 Å². The van der Waals surface area contributed by atoms with Crippen LogP contribution in [0.25, 0.3) is 0 Å². The monoisotopic (exact) mass is 280 g/mol. The van der Waals surface area contributed by atoms with Gasteiger partial charge in [-0.15, -0.1) is 25.3 Å². The Kier molecular flexibility index (Phi) is 7.93. The zero-order valence-electron chi connectivity index (χ0n) is 8.31. The molecule has 0 saturated carbocycles. The summed E-state index contributed by atoms with van der Waals surface area (Å²) in [5.41, 5.74) is 6.86. The zero-order chi connectivity index (χ0) is 11.8. The van der Waals surface area contributed by atoms with E-state index in [0.717, 1.165) is 11.4 Å². The Hall–Kier alpha value is -0.180. The second-order valence-electron chi connectivity index (χ2n) is 2.70. The normalized spacial score (nSPS) is 12.3. The highest BCUT2D eigenvalue weighted by Gasteiger charge is 1.96. The number of nitrogens with zero attached hydrogens (tertiary/aromatic N) is 2. The molecule has 84 valence electrons. The molecule has 2 N–H and O–H groups in total. The fourth-order valence-electron chi connectivity index (χ4n) is 0.736. The van der Waals surface area contributed by atoms with Crippen LogP contribution in [-0.4, -0.2) is 20.1 Å². The molecule has 0 aliphatic rings. The van der Waals surface area contributed by atoms with Crippen LogP contribution >= 0.6 is 49.7 Å². The summed E-state index contributed by atoms with van der Waals surface area (Å²) in [7, 11) is 0. The fraction of sp³-hybridized carbons (Fsp3) is 0.429. The molecule has 0 radical (unpaired) electrons. The van der Waals surface area contributed by atoms with Crippen molar-refractivity contribution in [3.05, 3.63) is 0 Å². The van der Waals surface area contributed by atoms with Crippen molar-refractivity contribution in [2.45, 2.75) is 20.3 Å². The Bertz CT molecular complexity index is 280. The predicted octanol–water partition coefficient (Wildman–Crippen LogP) is 1.74. The number of hydrogen-bond acceptors (Lipinski definition) is 4. The van der Waals surface area contributed by atoms with Crippen molar-refractivity contribution in [3.8, 4) is 0 Å². The Balaban J connectivity index is 4.10. The van der Waals surface area contributed by atoms with E-state index in [2.05, 4.69) is 70.7 Å². The molecule has 8 heteroatoms. The third-order valence-corrected chi connectivity index (χ3v) is 1.58. The van der Waals surface area contributed by atoms with Crippen LogP contribution < -0.4 is 10.9 Å². The molecule has 0 aliphatic heterocycles. The summed E-state index contributed by atoms with van der Waals surface area (Å²) in [6.45, 7) is 3.72. The maximum absolute atomic E-state index is 4.69. The van der Waals surface area contributed by atoms with Crippen LogP contribution in [0.3, 0.4) is 0 Å². The smallest absolute Gasteiger partial charge is 0.150 e. The van der Waals surface area contributed by atoms with E-state index in [0.29, 0.717) is 15.1 Å². The number of hydrogen-bond donors (Lipinski definition) is 4. The quantitative estimate of drug-likeness (QED) is 0.274. The van der Waals surface area contributed by atoms with Crippen molar-refractivity contribution in [2.24, 2.45) is 10.2 Å². The summed E-state index contributed by atoms with van der Waals surface area (Å²) in [5.74, 6) is 0. The number of thiol groups is 2. The molecule has 0 unspecified atom stereocenters. The summed E-state index contributed by atoms with van der Waals surface area (Å²) >= 11 is 17.1. The number of thiocarbonyl (C=S) groups is 2. The van der Waals surface area contributed by atoms with Gasteiger partial charge in [0.2, 0.25) is 0 Å². The van der Waals surface area contributed by atoms with Gasteiger partial charge in [0.1, 0.15) is 0 Å². The van der Waals surface area contributed by atoms with Crippen LogP contribution in [0.1, 0.15) is 20.3 Å². The van der Waals surface area contributed by atoms with Gasteiger partial charge in [-0.05, 0) is 13.8 Å². The van der Waals surface area contributed by atoms with E-state index >= 15 is 0 Å². The van der Waals surface area contributed by atoms with E-state index in [-0.39, 0.29) is 0 Å². The van der Waals surface area contributed by atoms with E-state index in [4.69, 9.17) is 0 Å². The van der Waals surface area contributed by atoms with Crippen molar-refractivity contribution in [1.29, 1.82) is 0 Å². The van der Waals surface area contributed by atoms with Gasteiger partial charge in [0.05, 0.1) is 0 Å². The molecule has 0 bridgehead atoms. The van der Waals surface area contributed by atoms with Crippen molar-refractivity contribution in [1.82, 2.24) is 10.9 Å². The van der Waals surface area contributed by atoms with Gasteiger partial charge in [-0.2, -0.15) is 10.2 Å². The molecule has 0 aromatic rings. The van der Waals surface area contributed by atoms with Gasteiger partial charge in [0, 0.05) is 17.8 Å². The van der Waals surface area contributed by atoms with Crippen molar-refractivity contribution in [2.75, 3.05) is 0 Å². The number of nitrogens with one attached hydrogen (secondary N) is 2. The Morgan fingerprint density at radius 1 is 1.00 bits per heavy atom. The van der Waals surface area contributed by atoms with E-state index in [1.165, 1.54) is 0 Å². The van der Waals surface area contributed by atoms with Gasteiger partial charge in [0.25, 0.3) is 0 Å². The summed E-state index contributed by atoms with van der Waals surface area (Å²) in [6.07, 6.45) is 0.618. The standard InChI is InChI=1S/C7H12N4S4/c1-4(8-10-6(12)13)3-5(2)9-11-7(14)15/h3H2,1-2H3,(H2,10,12,13)(H2,11,14,15)/b8-4-,9-5-. The highest BCUT2D eigenvalue weighted by molar-refractivity contribution is 8.11. The lowest BCUT2D eigenvalue weighted by Crippen LogP contribution is -2.15. The minimum Gasteiger partial charge on any atom is -0.263 e. The zero-order valence-corrected chi connectivity index (χ0v) is 11.7. The Morgan fingerprint density at radius 2 is 1.33 bits per heavy atom. The molecule has 0 fully saturated rings. The average Bonchev–Trinajstić information content (AvgIpc) is 2.11. The minimum atomic E-state index is 0.332. The van der Waals surface area contributed by atoms with Crippen molar-refractivity contribution in [3.63, 3.8) is 0 Å². The molecular formula is C7H12N4S4. The predicted molar refractivity (Wildman–Crippen MR) is 80.3 cm³/mol. The molecule has 4 nitrogen and oxygen atoms in total. The lowest BCUT2D eigenvalue weighted by Gasteiger charge is -2.02. The highest BCUT2D eigenvalue weighted by Crippen LogP contribution is 1.91. The first-order valence-electron chi connectivity index (χ1n) is 3.96. The topological polar surface area (TPSA) is 48.8 Å². The molecule has 0 rings (SSSR count). The van der Waals surface area contributed by atoms with Gasteiger partial charge < -0.3 is 0 Å². The largest absolute Gasteiger partial charge is 0.263 e. The van der Waals surface area contributed by atoms with Crippen LogP contribution in [0.5, 0.6) is 0 Å². The average molecular weight is 280 g/mol. The maximum Gasteiger partial charge on any atom is 0.150 e. The third-order valence-electron chi connectivity index (χ3n) is 1.20. The van der Waals surface area contributed by atoms with Gasteiger partial charge in [-0.25, -0.2) is 0 Å². The summed E-state index contributed by atoms with van der Waals surface area (Å²) < 4.78 is 0.664. The second kappa shape index (κ2) is 8.03. The Morgan fingerprint density at radius 3 is 1.60 bits per heavy atom. The van der Waals surface area contributed by atoms with E-state index in [1.807, 2.05) is 13.8 Å². The lowest BCUT2D eigenvalue weighted by molar-refractivity contribution is 1.03. The van der Waals surface area contributed by atoms with E-state index in [1.54, 1.807) is 0 Å². The molecular weight excluding hydrogens is 268 g/mol. The van der Waals surface area contributed by atoms with Crippen molar-refractivity contribution >= 4 is 69.8 Å². The van der Waals surface area contributed by atoms with Crippen LogP contribution in [0.2, 0.25) is 0 Å². The van der Waals surface area contributed by atoms with Crippen LogP contribution in [0, 0.1) is 0 Å². The minimum absolute atomic E-state index is 0.332. The number of hydrazone groups is 2. The molecule has 0 spiro atoms. The molecule has 0 saturated heterocycles. The molecule has 0 aliphatic carbocycles. The molecule has 0 atom stereocenters. The molecule has 0 aromatic carbocycles. The second-order valence-corrected chi connectivity index (χ2v) is 5.02.